The monoisotopic (exact) mass is 482 g/mol. The van der Waals surface area contributed by atoms with Crippen molar-refractivity contribution in [2.24, 2.45) is 13.0 Å². The van der Waals surface area contributed by atoms with Crippen molar-refractivity contribution in [3.8, 4) is 6.07 Å². The number of carbonyl (C=O) groups is 1. The number of hydrogen-bond donors (Lipinski definition) is 2. The molecule has 1 heterocycles. The average molecular weight is 483 g/mol. The van der Waals surface area contributed by atoms with E-state index in [1.165, 1.54) is 18.2 Å². The molecule has 1 atom stereocenters. The van der Waals surface area contributed by atoms with Crippen molar-refractivity contribution in [1.29, 1.82) is 5.26 Å². The van der Waals surface area contributed by atoms with Gasteiger partial charge in [0.2, 0.25) is 15.9 Å². The summed E-state index contributed by atoms with van der Waals surface area (Å²) in [4.78, 5) is 12.8. The van der Waals surface area contributed by atoms with Crippen LogP contribution >= 0.6 is 0 Å². The maximum Gasteiger partial charge on any atom is 0.240 e. The highest BCUT2D eigenvalue weighted by molar-refractivity contribution is 7.89. The number of aromatic nitrogens is 1. The Kier molecular flexibility index (Phi) is 6.73. The van der Waals surface area contributed by atoms with Crippen LogP contribution in [0.3, 0.4) is 0 Å². The number of carbonyl (C=O) groups excluding carboxylic acids is 1. The number of sulfonamides is 1. The minimum absolute atomic E-state index is 0.0725. The van der Waals surface area contributed by atoms with E-state index in [4.69, 9.17) is 0 Å². The largest absolute Gasteiger partial charge is 0.349 e. The van der Waals surface area contributed by atoms with Gasteiger partial charge in [-0.05, 0) is 68.5 Å². The van der Waals surface area contributed by atoms with Crippen molar-refractivity contribution in [2.75, 3.05) is 0 Å². The highest BCUT2D eigenvalue weighted by Crippen LogP contribution is 2.28. The van der Waals surface area contributed by atoms with Gasteiger partial charge in [-0.1, -0.05) is 12.1 Å². The number of amides is 1. The molecular formula is C25H27FN4O3S. The molecule has 1 aromatic heterocycles. The molecule has 1 aliphatic carbocycles. The second-order valence-electron chi connectivity index (χ2n) is 8.90. The molecule has 34 heavy (non-hydrogen) atoms. The molecule has 1 saturated carbocycles. The molecule has 9 heteroatoms. The number of rotatable bonds is 6. The molecule has 2 aromatic carbocycles. The first-order chi connectivity index (χ1) is 16.2. The molecule has 1 fully saturated rings. The predicted octanol–water partition coefficient (Wildman–Crippen LogP) is 3.90. The Morgan fingerprint density at radius 2 is 1.82 bits per heavy atom. The van der Waals surface area contributed by atoms with Gasteiger partial charge in [-0.3, -0.25) is 4.79 Å². The van der Waals surface area contributed by atoms with E-state index in [0.29, 0.717) is 36.6 Å². The SMILES string of the molecule is C[C@@H](NC(=O)C1CCC(NS(=O)(=O)c2ccc3c(c2)c(C#N)cn3C)CC1)c1ccc(F)cc1. The van der Waals surface area contributed by atoms with Crippen LogP contribution in [0.1, 0.15) is 49.8 Å². The zero-order chi connectivity index (χ0) is 24.5. The quantitative estimate of drug-likeness (QED) is 0.556. The standard InChI is InChI=1S/C25H27FN4O3S/c1-16(17-3-7-20(26)8-4-17)28-25(31)18-5-9-21(10-6-18)29-34(32,33)22-11-12-24-23(13-22)19(14-27)15-30(24)2/h3-4,7-8,11-13,15-16,18,21,29H,5-6,9-10H2,1-2H3,(H,28,31)/t16-,18?,21?/m1/s1. The van der Waals surface area contributed by atoms with Crippen molar-refractivity contribution in [1.82, 2.24) is 14.6 Å². The summed E-state index contributed by atoms with van der Waals surface area (Å²) in [6.45, 7) is 1.85. The number of nitrogens with one attached hydrogen (secondary N) is 2. The number of nitriles is 1. The third kappa shape index (κ3) is 4.98. The van der Waals surface area contributed by atoms with Gasteiger partial charge in [-0.25, -0.2) is 17.5 Å². The van der Waals surface area contributed by atoms with Crippen LogP contribution in [0.4, 0.5) is 4.39 Å². The molecule has 1 amide bonds. The number of hydrogen-bond acceptors (Lipinski definition) is 4. The first kappa shape index (κ1) is 23.9. The van der Waals surface area contributed by atoms with Crippen LogP contribution in [0, 0.1) is 23.1 Å². The first-order valence-electron chi connectivity index (χ1n) is 11.3. The molecule has 7 nitrogen and oxygen atoms in total. The smallest absolute Gasteiger partial charge is 0.240 e. The minimum atomic E-state index is -3.76. The summed E-state index contributed by atoms with van der Waals surface area (Å²) in [5, 5.41) is 12.9. The highest BCUT2D eigenvalue weighted by Gasteiger charge is 2.30. The molecule has 0 saturated heterocycles. The summed E-state index contributed by atoms with van der Waals surface area (Å²) in [6.07, 6.45) is 3.94. The molecule has 0 spiro atoms. The van der Waals surface area contributed by atoms with Gasteiger partial charge in [-0.15, -0.1) is 0 Å². The average Bonchev–Trinajstić information content (AvgIpc) is 3.14. The zero-order valence-electron chi connectivity index (χ0n) is 19.1. The molecule has 0 aliphatic heterocycles. The summed E-state index contributed by atoms with van der Waals surface area (Å²) in [6, 6.07) is 12.4. The molecular weight excluding hydrogens is 455 g/mol. The highest BCUT2D eigenvalue weighted by atomic mass is 32.2. The van der Waals surface area contributed by atoms with E-state index >= 15 is 0 Å². The lowest BCUT2D eigenvalue weighted by Crippen LogP contribution is -2.41. The van der Waals surface area contributed by atoms with Crippen LogP contribution in [0.25, 0.3) is 10.9 Å². The van der Waals surface area contributed by atoms with E-state index in [9.17, 15) is 22.9 Å². The van der Waals surface area contributed by atoms with Crippen LogP contribution in [-0.2, 0) is 21.9 Å². The lowest BCUT2D eigenvalue weighted by Gasteiger charge is -2.29. The third-order valence-electron chi connectivity index (χ3n) is 6.54. The van der Waals surface area contributed by atoms with Gasteiger partial charge in [0.05, 0.1) is 16.5 Å². The predicted molar refractivity (Wildman–Crippen MR) is 127 cm³/mol. The Hall–Kier alpha value is -3.22. The Morgan fingerprint density at radius 3 is 2.47 bits per heavy atom. The molecule has 3 aromatic rings. The van der Waals surface area contributed by atoms with E-state index in [1.807, 2.05) is 14.0 Å². The molecule has 0 bridgehead atoms. The van der Waals surface area contributed by atoms with Crippen LogP contribution < -0.4 is 10.0 Å². The third-order valence-corrected chi connectivity index (χ3v) is 8.06. The Bertz CT molecular complexity index is 1350. The van der Waals surface area contributed by atoms with Crippen molar-refractivity contribution >= 4 is 26.8 Å². The van der Waals surface area contributed by atoms with Crippen LogP contribution in [0.15, 0.2) is 53.6 Å². The normalized spacial score (nSPS) is 19.5. The van der Waals surface area contributed by atoms with Crippen LogP contribution in [-0.4, -0.2) is 24.9 Å². The van der Waals surface area contributed by atoms with E-state index < -0.39 is 10.0 Å². The first-order valence-corrected chi connectivity index (χ1v) is 12.7. The van der Waals surface area contributed by atoms with Crippen molar-refractivity contribution < 1.29 is 17.6 Å². The molecule has 4 rings (SSSR count). The van der Waals surface area contributed by atoms with Gasteiger partial charge in [0, 0.05) is 36.1 Å². The lowest BCUT2D eigenvalue weighted by molar-refractivity contribution is -0.126. The summed E-state index contributed by atoms with van der Waals surface area (Å²) in [5.41, 5.74) is 2.04. The van der Waals surface area contributed by atoms with E-state index in [1.54, 1.807) is 35.0 Å². The molecule has 178 valence electrons. The van der Waals surface area contributed by atoms with Crippen molar-refractivity contribution in [3.05, 3.63) is 65.6 Å². The summed E-state index contributed by atoms with van der Waals surface area (Å²) >= 11 is 0. The van der Waals surface area contributed by atoms with Gasteiger partial charge in [-0.2, -0.15) is 5.26 Å². The maximum absolute atomic E-state index is 13.1. The number of nitrogens with zero attached hydrogens (tertiary/aromatic N) is 2. The summed E-state index contributed by atoms with van der Waals surface area (Å²) < 4.78 is 43.7. The molecule has 0 unspecified atom stereocenters. The number of aryl methyl sites for hydroxylation is 1. The number of benzene rings is 2. The van der Waals surface area contributed by atoms with Gasteiger partial charge in [0.25, 0.3) is 0 Å². The fraction of sp³-hybridized carbons (Fsp3) is 0.360. The fourth-order valence-corrected chi connectivity index (χ4v) is 5.89. The van der Waals surface area contributed by atoms with Gasteiger partial charge < -0.3 is 9.88 Å². The van der Waals surface area contributed by atoms with Crippen LogP contribution in [0.5, 0.6) is 0 Å². The summed E-state index contributed by atoms with van der Waals surface area (Å²) in [5.74, 6) is -0.587. The second kappa shape index (κ2) is 9.57. The van der Waals surface area contributed by atoms with E-state index in [0.717, 1.165) is 11.1 Å². The topological polar surface area (TPSA) is 104 Å². The maximum atomic E-state index is 13.1. The Balaban J connectivity index is 1.36. The number of halogens is 1. The van der Waals surface area contributed by atoms with Crippen molar-refractivity contribution in [3.63, 3.8) is 0 Å². The molecule has 1 aliphatic rings. The fourth-order valence-electron chi connectivity index (χ4n) is 4.55. The molecule has 2 N–H and O–H groups in total. The zero-order valence-corrected chi connectivity index (χ0v) is 19.9. The number of fused-ring (bicyclic) bond motifs is 1. The Morgan fingerprint density at radius 1 is 1.15 bits per heavy atom. The minimum Gasteiger partial charge on any atom is -0.349 e. The van der Waals surface area contributed by atoms with Crippen molar-refractivity contribution in [2.45, 2.75) is 49.6 Å². The van der Waals surface area contributed by atoms with E-state index in [-0.39, 0.29) is 34.6 Å². The second-order valence-corrected chi connectivity index (χ2v) is 10.6. The van der Waals surface area contributed by atoms with Crippen LogP contribution in [0.2, 0.25) is 0 Å². The van der Waals surface area contributed by atoms with E-state index in [2.05, 4.69) is 16.1 Å². The molecule has 0 radical (unpaired) electrons. The van der Waals surface area contributed by atoms with Gasteiger partial charge in [0.15, 0.2) is 0 Å². The lowest BCUT2D eigenvalue weighted by atomic mass is 9.85. The Labute approximate surface area is 198 Å². The van der Waals surface area contributed by atoms with Gasteiger partial charge >= 0.3 is 0 Å². The summed E-state index contributed by atoms with van der Waals surface area (Å²) in [7, 11) is -1.95. The van der Waals surface area contributed by atoms with Gasteiger partial charge in [0.1, 0.15) is 11.9 Å².